The Hall–Kier alpha value is -1.72. The van der Waals surface area contributed by atoms with Gasteiger partial charge in [0.2, 0.25) is 0 Å². The maximum absolute atomic E-state index is 4.23. The summed E-state index contributed by atoms with van der Waals surface area (Å²) in [5, 5.41) is 10.5. The number of piperidine rings is 1. The smallest absolute Gasteiger partial charge is 0.141 e. The first-order valence-electron chi connectivity index (χ1n) is 7.69. The lowest BCUT2D eigenvalue weighted by atomic mass is 10.0. The van der Waals surface area contributed by atoms with Crippen molar-refractivity contribution in [1.29, 1.82) is 0 Å². The van der Waals surface area contributed by atoms with E-state index in [-0.39, 0.29) is 6.04 Å². The Bertz CT molecular complexity index is 525. The van der Waals surface area contributed by atoms with Crippen LogP contribution in [0, 0.1) is 0 Å². The van der Waals surface area contributed by atoms with Crippen molar-refractivity contribution in [1.82, 2.24) is 25.4 Å². The van der Waals surface area contributed by atoms with Crippen LogP contribution >= 0.6 is 0 Å². The monoisotopic (exact) mass is 285 g/mol. The van der Waals surface area contributed by atoms with E-state index < -0.39 is 0 Å². The van der Waals surface area contributed by atoms with Crippen LogP contribution in [-0.2, 0) is 6.54 Å². The lowest BCUT2D eigenvalue weighted by Gasteiger charge is -2.34. The van der Waals surface area contributed by atoms with Crippen molar-refractivity contribution >= 4 is 0 Å². The zero-order valence-electron chi connectivity index (χ0n) is 12.5. The minimum absolute atomic E-state index is 0.217. The second-order valence-corrected chi connectivity index (χ2v) is 5.82. The molecule has 0 bridgehead atoms. The highest BCUT2D eigenvalue weighted by molar-refractivity contribution is 5.14. The number of nitrogens with one attached hydrogen (secondary N) is 2. The van der Waals surface area contributed by atoms with E-state index in [1.807, 2.05) is 0 Å². The fourth-order valence-corrected chi connectivity index (χ4v) is 3.03. The molecular formula is C16H23N5. The van der Waals surface area contributed by atoms with Crippen LogP contribution in [-0.4, -0.2) is 39.2 Å². The van der Waals surface area contributed by atoms with E-state index in [1.165, 1.54) is 24.9 Å². The molecule has 1 aliphatic heterocycles. The average Bonchev–Trinajstić information content (AvgIpc) is 3.03. The van der Waals surface area contributed by atoms with Crippen molar-refractivity contribution in [3.63, 3.8) is 0 Å². The Morgan fingerprint density at radius 3 is 3.00 bits per heavy atom. The van der Waals surface area contributed by atoms with Crippen molar-refractivity contribution < 1.29 is 0 Å². The maximum Gasteiger partial charge on any atom is 0.141 e. The number of nitrogens with zero attached hydrogens (tertiary/aromatic N) is 3. The Kier molecular flexibility index (Phi) is 4.62. The predicted molar refractivity (Wildman–Crippen MR) is 82.7 cm³/mol. The van der Waals surface area contributed by atoms with Crippen LogP contribution < -0.4 is 5.32 Å². The largest absolute Gasteiger partial charge is 0.303 e. The number of hydrogen-bond donors (Lipinski definition) is 2. The molecule has 5 nitrogen and oxygen atoms in total. The molecule has 0 radical (unpaired) electrons. The average molecular weight is 285 g/mol. The molecule has 1 fully saturated rings. The molecule has 1 saturated heterocycles. The second kappa shape index (κ2) is 6.83. The summed E-state index contributed by atoms with van der Waals surface area (Å²) >= 11 is 0. The fourth-order valence-electron chi connectivity index (χ4n) is 3.03. The molecule has 112 valence electrons. The number of benzene rings is 1. The highest BCUT2D eigenvalue weighted by atomic mass is 15.2. The van der Waals surface area contributed by atoms with Gasteiger partial charge >= 0.3 is 0 Å². The van der Waals surface area contributed by atoms with Crippen LogP contribution in [0.1, 0.15) is 37.2 Å². The van der Waals surface area contributed by atoms with Gasteiger partial charge in [0.25, 0.3) is 0 Å². The summed E-state index contributed by atoms with van der Waals surface area (Å²) in [5.41, 5.74) is 1.39. The molecule has 21 heavy (non-hydrogen) atoms. The number of aromatic nitrogens is 3. The van der Waals surface area contributed by atoms with Gasteiger partial charge in [0.1, 0.15) is 12.2 Å². The second-order valence-electron chi connectivity index (χ2n) is 5.82. The van der Waals surface area contributed by atoms with Gasteiger partial charge in [-0.15, -0.1) is 0 Å². The first-order chi connectivity index (χ1) is 10.3. The van der Waals surface area contributed by atoms with Crippen LogP contribution in [0.4, 0.5) is 0 Å². The Balaban J connectivity index is 1.53. The molecule has 0 amide bonds. The number of likely N-dealkylation sites (tertiary alicyclic amines) is 1. The molecule has 2 aromatic rings. The van der Waals surface area contributed by atoms with Gasteiger partial charge in [-0.25, -0.2) is 4.98 Å². The van der Waals surface area contributed by atoms with Crippen molar-refractivity contribution in [2.45, 2.75) is 38.4 Å². The summed E-state index contributed by atoms with van der Waals surface area (Å²) < 4.78 is 0. The van der Waals surface area contributed by atoms with Crippen molar-refractivity contribution in [3.05, 3.63) is 48.0 Å². The lowest BCUT2D eigenvalue weighted by molar-refractivity contribution is 0.176. The summed E-state index contributed by atoms with van der Waals surface area (Å²) in [7, 11) is 0. The third-order valence-corrected chi connectivity index (χ3v) is 4.08. The number of hydrogen-bond acceptors (Lipinski definition) is 4. The van der Waals surface area contributed by atoms with Gasteiger partial charge in [-0.2, -0.15) is 5.10 Å². The van der Waals surface area contributed by atoms with Crippen LogP contribution in [0.3, 0.4) is 0 Å². The molecule has 2 unspecified atom stereocenters. The first kappa shape index (κ1) is 14.2. The molecule has 2 atom stereocenters. The zero-order valence-corrected chi connectivity index (χ0v) is 12.5. The molecular weight excluding hydrogens is 262 g/mol. The van der Waals surface area contributed by atoms with E-state index in [1.54, 1.807) is 6.33 Å². The fraction of sp³-hybridized carbons (Fsp3) is 0.500. The molecule has 3 rings (SSSR count). The number of rotatable bonds is 5. The molecule has 5 heteroatoms. The molecule has 1 aromatic heterocycles. The minimum Gasteiger partial charge on any atom is -0.303 e. The summed E-state index contributed by atoms with van der Waals surface area (Å²) in [6, 6.07) is 11.4. The summed E-state index contributed by atoms with van der Waals surface area (Å²) in [6.45, 7) is 5.45. The molecule has 0 saturated carbocycles. The number of H-pyrrole nitrogens is 1. The Morgan fingerprint density at radius 2 is 2.24 bits per heavy atom. The highest BCUT2D eigenvalue weighted by Crippen LogP contribution is 2.16. The highest BCUT2D eigenvalue weighted by Gasteiger charge is 2.22. The van der Waals surface area contributed by atoms with E-state index in [0.717, 1.165) is 18.9 Å². The summed E-state index contributed by atoms with van der Waals surface area (Å²) in [6.07, 6.45) is 4.04. The van der Waals surface area contributed by atoms with Crippen molar-refractivity contribution in [2.24, 2.45) is 0 Å². The van der Waals surface area contributed by atoms with Crippen LogP contribution in [0.5, 0.6) is 0 Å². The van der Waals surface area contributed by atoms with Crippen molar-refractivity contribution in [3.8, 4) is 0 Å². The Morgan fingerprint density at radius 1 is 1.38 bits per heavy atom. The Labute approximate surface area is 125 Å². The standard InChI is InChI=1S/C16H23N5/c1-13(16-17-12-18-20-16)19-15-8-5-9-21(11-15)10-14-6-3-2-4-7-14/h2-4,6-7,12-13,15,19H,5,8-11H2,1H3,(H,17,18,20). The zero-order chi connectivity index (χ0) is 14.5. The van der Waals surface area contributed by atoms with Crippen LogP contribution in [0.2, 0.25) is 0 Å². The molecule has 0 spiro atoms. The lowest BCUT2D eigenvalue weighted by Crippen LogP contribution is -2.46. The maximum atomic E-state index is 4.23. The SMILES string of the molecule is CC(NC1CCCN(Cc2ccccc2)C1)c1ncn[nH]1. The van der Waals surface area contributed by atoms with Gasteiger partial charge in [0.15, 0.2) is 0 Å². The quantitative estimate of drug-likeness (QED) is 0.883. The van der Waals surface area contributed by atoms with Gasteiger partial charge in [-0.05, 0) is 31.9 Å². The number of aromatic amines is 1. The summed E-state index contributed by atoms with van der Waals surface area (Å²) in [4.78, 5) is 6.76. The van der Waals surface area contributed by atoms with E-state index >= 15 is 0 Å². The van der Waals surface area contributed by atoms with E-state index in [9.17, 15) is 0 Å². The normalized spacial score (nSPS) is 21.3. The van der Waals surface area contributed by atoms with Gasteiger partial charge in [-0.1, -0.05) is 30.3 Å². The van der Waals surface area contributed by atoms with E-state index in [4.69, 9.17) is 0 Å². The van der Waals surface area contributed by atoms with E-state index in [2.05, 4.69) is 62.7 Å². The molecule has 1 aromatic carbocycles. The minimum atomic E-state index is 0.217. The third-order valence-electron chi connectivity index (χ3n) is 4.08. The van der Waals surface area contributed by atoms with Gasteiger partial charge in [0, 0.05) is 19.1 Å². The molecule has 2 N–H and O–H groups in total. The molecule has 1 aliphatic rings. The van der Waals surface area contributed by atoms with E-state index in [0.29, 0.717) is 6.04 Å². The summed E-state index contributed by atoms with van der Waals surface area (Å²) in [5.74, 6) is 0.912. The van der Waals surface area contributed by atoms with Crippen LogP contribution in [0.15, 0.2) is 36.7 Å². The topological polar surface area (TPSA) is 56.8 Å². The van der Waals surface area contributed by atoms with Gasteiger partial charge in [0.05, 0.1) is 6.04 Å². The molecule has 0 aliphatic carbocycles. The van der Waals surface area contributed by atoms with Crippen LogP contribution in [0.25, 0.3) is 0 Å². The van der Waals surface area contributed by atoms with Gasteiger partial charge in [-0.3, -0.25) is 10.00 Å². The van der Waals surface area contributed by atoms with Gasteiger partial charge < -0.3 is 5.32 Å². The van der Waals surface area contributed by atoms with Crippen molar-refractivity contribution in [2.75, 3.05) is 13.1 Å². The first-order valence-corrected chi connectivity index (χ1v) is 7.69. The third kappa shape index (κ3) is 3.89. The predicted octanol–water partition coefficient (Wildman–Crippen LogP) is 2.12. The molecule has 2 heterocycles.